The molecule has 0 radical (unpaired) electrons. The number of hydrogen-bond acceptors (Lipinski definition) is 9. The summed E-state index contributed by atoms with van der Waals surface area (Å²) in [5, 5.41) is 30.6. The third kappa shape index (κ3) is 6.44. The van der Waals surface area contributed by atoms with Gasteiger partial charge in [0, 0.05) is 30.9 Å². The first-order valence-corrected chi connectivity index (χ1v) is 15.7. The fourth-order valence-electron chi connectivity index (χ4n) is 8.41. The molecule has 4 bridgehead atoms. The SMILES string of the molecule is CC(C)Oc1ncccc1CNc1ncc(C#N)c(NC[C@]23CC4C[C@H](C2)[C@@H](NC[C@H]2CC[C@H](O)CC2)[C@@H](C4)C3)n1. The average molecular weight is 560 g/mol. The first-order valence-electron chi connectivity index (χ1n) is 15.7. The lowest BCUT2D eigenvalue weighted by Crippen LogP contribution is -2.60. The van der Waals surface area contributed by atoms with E-state index >= 15 is 0 Å². The zero-order valence-corrected chi connectivity index (χ0v) is 24.5. The van der Waals surface area contributed by atoms with E-state index in [2.05, 4.69) is 32.0 Å². The van der Waals surface area contributed by atoms with E-state index in [4.69, 9.17) is 9.72 Å². The molecule has 9 nitrogen and oxygen atoms in total. The summed E-state index contributed by atoms with van der Waals surface area (Å²) >= 11 is 0. The van der Waals surface area contributed by atoms with E-state index in [0.717, 1.165) is 62.1 Å². The van der Waals surface area contributed by atoms with Crippen molar-refractivity contribution in [3.8, 4) is 11.9 Å². The van der Waals surface area contributed by atoms with E-state index in [9.17, 15) is 10.4 Å². The van der Waals surface area contributed by atoms with Gasteiger partial charge in [-0.05, 0) is 113 Å². The third-order valence-electron chi connectivity index (χ3n) is 10.0. The molecule has 5 aliphatic rings. The molecule has 41 heavy (non-hydrogen) atoms. The van der Waals surface area contributed by atoms with Gasteiger partial charge in [0.05, 0.1) is 18.4 Å². The van der Waals surface area contributed by atoms with Crippen LogP contribution in [-0.2, 0) is 6.54 Å². The zero-order valence-electron chi connectivity index (χ0n) is 24.5. The van der Waals surface area contributed by atoms with Gasteiger partial charge in [-0.2, -0.15) is 10.2 Å². The first-order chi connectivity index (χ1) is 19.9. The Hall–Kier alpha value is -2.96. The van der Waals surface area contributed by atoms with Crippen molar-refractivity contribution in [1.82, 2.24) is 20.3 Å². The molecule has 1 unspecified atom stereocenters. The van der Waals surface area contributed by atoms with Crippen molar-refractivity contribution in [2.45, 2.75) is 96.4 Å². The van der Waals surface area contributed by atoms with Crippen molar-refractivity contribution in [3.63, 3.8) is 0 Å². The van der Waals surface area contributed by atoms with Crippen LogP contribution in [0.5, 0.6) is 5.88 Å². The number of aromatic nitrogens is 3. The second-order valence-corrected chi connectivity index (χ2v) is 13.5. The lowest BCUT2D eigenvalue weighted by Gasteiger charge is -2.60. The molecule has 0 saturated heterocycles. The molecule has 0 amide bonds. The summed E-state index contributed by atoms with van der Waals surface area (Å²) in [4.78, 5) is 13.5. The molecule has 5 atom stereocenters. The summed E-state index contributed by atoms with van der Waals surface area (Å²) < 4.78 is 5.85. The highest BCUT2D eigenvalue weighted by molar-refractivity contribution is 5.53. The molecule has 2 heterocycles. The normalized spacial score (nSPS) is 32.1. The van der Waals surface area contributed by atoms with E-state index in [1.807, 2.05) is 26.0 Å². The number of pyridine rings is 1. The minimum Gasteiger partial charge on any atom is -0.475 e. The van der Waals surface area contributed by atoms with Crippen LogP contribution in [0.3, 0.4) is 0 Å². The second-order valence-electron chi connectivity index (χ2n) is 13.5. The maximum absolute atomic E-state index is 9.87. The van der Waals surface area contributed by atoms with Gasteiger partial charge in [0.25, 0.3) is 0 Å². The molecule has 5 saturated carbocycles. The fourth-order valence-corrected chi connectivity index (χ4v) is 8.41. The monoisotopic (exact) mass is 559 g/mol. The number of anilines is 2. The van der Waals surface area contributed by atoms with E-state index in [0.29, 0.717) is 41.7 Å². The largest absolute Gasteiger partial charge is 0.475 e. The molecular formula is C32H45N7O2. The van der Waals surface area contributed by atoms with Crippen molar-refractivity contribution < 1.29 is 9.84 Å². The minimum absolute atomic E-state index is 0.0353. The lowest BCUT2D eigenvalue weighted by atomic mass is 9.48. The van der Waals surface area contributed by atoms with E-state index in [-0.39, 0.29) is 17.6 Å². The minimum atomic E-state index is -0.0820. The van der Waals surface area contributed by atoms with Crippen LogP contribution in [0.2, 0.25) is 0 Å². The van der Waals surface area contributed by atoms with E-state index in [1.54, 1.807) is 12.4 Å². The molecule has 220 valence electrons. The predicted molar refractivity (Wildman–Crippen MR) is 158 cm³/mol. The van der Waals surface area contributed by atoms with Crippen molar-refractivity contribution in [3.05, 3.63) is 35.7 Å². The summed E-state index contributed by atoms with van der Waals surface area (Å²) in [5.74, 6) is 4.69. The average Bonchev–Trinajstić information content (AvgIpc) is 2.96. The summed E-state index contributed by atoms with van der Waals surface area (Å²) in [5.41, 5.74) is 1.68. The fraction of sp³-hybridized carbons (Fsp3) is 0.688. The zero-order chi connectivity index (χ0) is 28.4. The Morgan fingerprint density at radius 1 is 1.10 bits per heavy atom. The van der Waals surface area contributed by atoms with E-state index in [1.165, 1.54) is 32.1 Å². The molecule has 5 aliphatic carbocycles. The van der Waals surface area contributed by atoms with Gasteiger partial charge in [-0.3, -0.25) is 0 Å². The summed E-state index contributed by atoms with van der Waals surface area (Å²) in [6.07, 6.45) is 14.0. The molecule has 9 heteroatoms. The third-order valence-corrected chi connectivity index (χ3v) is 10.0. The lowest BCUT2D eigenvalue weighted by molar-refractivity contribution is -0.0705. The Balaban J connectivity index is 1.08. The molecule has 0 aromatic carbocycles. The van der Waals surface area contributed by atoms with Gasteiger partial charge >= 0.3 is 0 Å². The predicted octanol–water partition coefficient (Wildman–Crippen LogP) is 4.89. The van der Waals surface area contributed by atoms with Crippen molar-refractivity contribution in [2.24, 2.45) is 29.1 Å². The Labute approximate surface area is 243 Å². The van der Waals surface area contributed by atoms with Gasteiger partial charge in [0.15, 0.2) is 0 Å². The van der Waals surface area contributed by atoms with Gasteiger partial charge in [0.2, 0.25) is 11.8 Å². The number of nitrogens with zero attached hydrogens (tertiary/aromatic N) is 4. The molecule has 2 aromatic heterocycles. The quantitative estimate of drug-likeness (QED) is 0.304. The van der Waals surface area contributed by atoms with Crippen LogP contribution >= 0.6 is 0 Å². The van der Waals surface area contributed by atoms with Gasteiger partial charge in [-0.1, -0.05) is 6.07 Å². The number of ether oxygens (including phenoxy) is 1. The molecule has 0 spiro atoms. The molecule has 5 fully saturated rings. The maximum atomic E-state index is 9.87. The summed E-state index contributed by atoms with van der Waals surface area (Å²) in [6, 6.07) is 6.78. The molecule has 2 aromatic rings. The van der Waals surface area contributed by atoms with Crippen LogP contribution in [-0.4, -0.2) is 51.4 Å². The number of aliphatic hydroxyl groups is 1. The Morgan fingerprint density at radius 2 is 1.88 bits per heavy atom. The number of rotatable bonds is 11. The smallest absolute Gasteiger partial charge is 0.224 e. The number of nitriles is 1. The highest BCUT2D eigenvalue weighted by Crippen LogP contribution is 2.60. The molecule has 4 N–H and O–H groups in total. The maximum Gasteiger partial charge on any atom is 0.224 e. The van der Waals surface area contributed by atoms with Gasteiger partial charge in [-0.25, -0.2) is 9.97 Å². The van der Waals surface area contributed by atoms with Crippen LogP contribution in [0, 0.1) is 40.4 Å². The van der Waals surface area contributed by atoms with Crippen LogP contribution in [0.15, 0.2) is 24.5 Å². The van der Waals surface area contributed by atoms with Crippen LogP contribution in [0.1, 0.15) is 82.8 Å². The van der Waals surface area contributed by atoms with Crippen LogP contribution < -0.4 is 20.7 Å². The Morgan fingerprint density at radius 3 is 2.61 bits per heavy atom. The first kappa shape index (κ1) is 28.2. The number of aliphatic hydroxyl groups excluding tert-OH is 1. The Bertz CT molecular complexity index is 1220. The van der Waals surface area contributed by atoms with E-state index < -0.39 is 0 Å². The second kappa shape index (κ2) is 12.1. The van der Waals surface area contributed by atoms with Crippen molar-refractivity contribution >= 4 is 11.8 Å². The van der Waals surface area contributed by atoms with Gasteiger partial charge < -0.3 is 25.8 Å². The topological polar surface area (TPSA) is 128 Å². The van der Waals surface area contributed by atoms with Crippen molar-refractivity contribution in [1.29, 1.82) is 5.26 Å². The Kier molecular flexibility index (Phi) is 8.32. The van der Waals surface area contributed by atoms with Crippen LogP contribution in [0.25, 0.3) is 0 Å². The van der Waals surface area contributed by atoms with Gasteiger partial charge in [-0.15, -0.1) is 0 Å². The highest BCUT2D eigenvalue weighted by atomic mass is 16.5. The van der Waals surface area contributed by atoms with Gasteiger partial charge in [0.1, 0.15) is 17.5 Å². The molecular weight excluding hydrogens is 514 g/mol. The highest BCUT2D eigenvalue weighted by Gasteiger charge is 2.55. The van der Waals surface area contributed by atoms with Crippen LogP contribution in [0.4, 0.5) is 11.8 Å². The molecule has 0 aliphatic heterocycles. The summed E-state index contributed by atoms with van der Waals surface area (Å²) in [7, 11) is 0. The molecule has 7 rings (SSSR count). The standard InChI is InChI=1S/C32H45N7O2/c1-20(2)41-30-23(4-3-9-34-30)17-36-31-37-18-26(15-33)29(39-31)38-19-32-12-22-10-24(13-32)28(25(11-22)14-32)35-16-21-5-7-27(40)8-6-21/h3-4,9,18,20-22,24-25,27-28,35,40H,5-8,10-14,16-17,19H2,1-2H3,(H2,36,37,38,39)/t21-,22?,24-,25+,27-,28-,32-. The number of hydrogen-bond donors (Lipinski definition) is 4. The summed E-state index contributed by atoms with van der Waals surface area (Å²) in [6.45, 7) is 6.40. The number of nitrogens with one attached hydrogen (secondary N) is 3. The van der Waals surface area contributed by atoms with Crippen molar-refractivity contribution in [2.75, 3.05) is 23.7 Å².